The van der Waals surface area contributed by atoms with Gasteiger partial charge < -0.3 is 14.9 Å². The first-order valence-corrected chi connectivity index (χ1v) is 9.29. The number of anilines is 2. The van der Waals surface area contributed by atoms with E-state index in [1.165, 1.54) is 35.4 Å². The molecule has 0 aliphatic carbocycles. The number of pyridine rings is 1. The third-order valence-electron chi connectivity index (χ3n) is 4.09. The number of hydrogen-bond acceptors (Lipinski definition) is 7. The van der Waals surface area contributed by atoms with Gasteiger partial charge in [-0.25, -0.2) is 4.98 Å². The zero-order valence-electron chi connectivity index (χ0n) is 15.6. The van der Waals surface area contributed by atoms with Gasteiger partial charge >= 0.3 is 5.82 Å². The molecule has 2 aromatic heterocycles. The van der Waals surface area contributed by atoms with Crippen LogP contribution in [-0.4, -0.2) is 20.8 Å². The van der Waals surface area contributed by atoms with Gasteiger partial charge in [-0.15, -0.1) is 11.3 Å². The summed E-state index contributed by atoms with van der Waals surface area (Å²) in [6.07, 6.45) is 1.33. The quantitative estimate of drug-likeness (QED) is 0.453. The Morgan fingerprint density at radius 2 is 2.07 bits per heavy atom. The van der Waals surface area contributed by atoms with Crippen molar-refractivity contribution in [1.29, 1.82) is 0 Å². The molecule has 0 aliphatic rings. The summed E-state index contributed by atoms with van der Waals surface area (Å²) >= 11 is 1.30. The Kier molecular flexibility index (Phi) is 5.65. The predicted octanol–water partition coefficient (Wildman–Crippen LogP) is 4.33. The molecule has 0 saturated carbocycles. The van der Waals surface area contributed by atoms with E-state index in [0.29, 0.717) is 10.8 Å². The van der Waals surface area contributed by atoms with Crippen molar-refractivity contribution in [2.24, 2.45) is 0 Å². The molecule has 0 unspecified atom stereocenters. The lowest BCUT2D eigenvalue weighted by Gasteiger charge is -2.19. The molecule has 9 heteroatoms. The number of ether oxygens (including phenoxy) is 1. The molecule has 0 radical (unpaired) electrons. The van der Waals surface area contributed by atoms with Crippen molar-refractivity contribution >= 4 is 33.9 Å². The van der Waals surface area contributed by atoms with Crippen LogP contribution >= 0.6 is 11.3 Å². The van der Waals surface area contributed by atoms with Crippen LogP contribution in [0.5, 0.6) is 5.75 Å². The SMILES string of the molecule is CC(=O)N(c1ccc(C)c(C)c1)c1nc(COc2cccnc2[N+](=O)[O-])cs1. The fourth-order valence-electron chi connectivity index (χ4n) is 2.54. The first-order valence-electron chi connectivity index (χ1n) is 8.41. The van der Waals surface area contributed by atoms with E-state index in [2.05, 4.69) is 9.97 Å². The highest BCUT2D eigenvalue weighted by atomic mass is 32.1. The van der Waals surface area contributed by atoms with E-state index in [-0.39, 0.29) is 24.1 Å². The lowest BCUT2D eigenvalue weighted by Crippen LogP contribution is -2.22. The van der Waals surface area contributed by atoms with Crippen molar-refractivity contribution < 1.29 is 14.5 Å². The summed E-state index contributed by atoms with van der Waals surface area (Å²) in [6.45, 7) is 5.50. The number of carbonyl (C=O) groups excluding carboxylic acids is 1. The van der Waals surface area contributed by atoms with Crippen LogP contribution in [-0.2, 0) is 11.4 Å². The topological polar surface area (TPSA) is 98.5 Å². The lowest BCUT2D eigenvalue weighted by atomic mass is 10.1. The maximum Gasteiger partial charge on any atom is 0.406 e. The minimum Gasteiger partial charge on any atom is -0.479 e. The van der Waals surface area contributed by atoms with E-state index < -0.39 is 4.92 Å². The van der Waals surface area contributed by atoms with Gasteiger partial charge in [-0.2, -0.15) is 0 Å². The highest BCUT2D eigenvalue weighted by molar-refractivity contribution is 7.14. The van der Waals surface area contributed by atoms with Crippen molar-refractivity contribution in [3.63, 3.8) is 0 Å². The molecule has 0 bridgehead atoms. The summed E-state index contributed by atoms with van der Waals surface area (Å²) < 4.78 is 5.52. The fraction of sp³-hybridized carbons (Fsp3) is 0.211. The van der Waals surface area contributed by atoms with Gasteiger partial charge in [0.25, 0.3) is 0 Å². The summed E-state index contributed by atoms with van der Waals surface area (Å²) in [5.74, 6) is -0.439. The number of thiazole rings is 1. The minimum absolute atomic E-state index is 0.0295. The largest absolute Gasteiger partial charge is 0.479 e. The van der Waals surface area contributed by atoms with Crippen molar-refractivity contribution in [2.45, 2.75) is 27.4 Å². The number of nitrogens with zero attached hydrogens (tertiary/aromatic N) is 4. The Labute approximate surface area is 165 Å². The lowest BCUT2D eigenvalue weighted by molar-refractivity contribution is -0.390. The number of rotatable bonds is 6. The number of nitro groups is 1. The van der Waals surface area contributed by atoms with Gasteiger partial charge in [-0.1, -0.05) is 6.07 Å². The van der Waals surface area contributed by atoms with Gasteiger partial charge in [0.15, 0.2) is 5.13 Å². The summed E-state index contributed by atoms with van der Waals surface area (Å²) in [5, 5.41) is 13.3. The Morgan fingerprint density at radius 1 is 1.29 bits per heavy atom. The van der Waals surface area contributed by atoms with Gasteiger partial charge in [0.1, 0.15) is 12.8 Å². The van der Waals surface area contributed by atoms with Crippen molar-refractivity contribution in [1.82, 2.24) is 9.97 Å². The second kappa shape index (κ2) is 8.13. The molecule has 0 aliphatic heterocycles. The van der Waals surface area contributed by atoms with Crippen molar-refractivity contribution in [3.05, 3.63) is 68.8 Å². The third kappa shape index (κ3) is 4.15. The van der Waals surface area contributed by atoms with Crippen LogP contribution < -0.4 is 9.64 Å². The zero-order valence-corrected chi connectivity index (χ0v) is 16.4. The van der Waals surface area contributed by atoms with Crippen molar-refractivity contribution in [2.75, 3.05) is 4.90 Å². The summed E-state index contributed by atoms with van der Waals surface area (Å²) in [4.78, 5) is 32.3. The normalized spacial score (nSPS) is 10.5. The maximum atomic E-state index is 12.2. The molecule has 28 heavy (non-hydrogen) atoms. The average Bonchev–Trinajstić information content (AvgIpc) is 3.11. The molecule has 0 spiro atoms. The van der Waals surface area contributed by atoms with Gasteiger partial charge in [-0.3, -0.25) is 9.69 Å². The molecule has 2 heterocycles. The third-order valence-corrected chi connectivity index (χ3v) is 4.97. The minimum atomic E-state index is -0.598. The Bertz CT molecular complexity index is 1030. The van der Waals surface area contributed by atoms with E-state index in [4.69, 9.17) is 4.74 Å². The number of benzene rings is 1. The second-order valence-electron chi connectivity index (χ2n) is 6.12. The Balaban J connectivity index is 1.81. The second-order valence-corrected chi connectivity index (χ2v) is 6.95. The standard InChI is InChI=1S/C19H18N4O4S/c1-12-6-7-16(9-13(12)2)22(14(3)24)19-21-15(11-28-19)10-27-17-5-4-8-20-18(17)23(25)26/h4-9,11H,10H2,1-3H3. The van der Waals surface area contributed by atoms with E-state index in [0.717, 1.165) is 16.8 Å². The van der Waals surface area contributed by atoms with E-state index in [1.54, 1.807) is 11.4 Å². The molecular formula is C19H18N4O4S. The average molecular weight is 398 g/mol. The molecule has 3 aromatic rings. The van der Waals surface area contributed by atoms with E-state index in [9.17, 15) is 14.9 Å². The van der Waals surface area contributed by atoms with Gasteiger partial charge in [-0.05, 0) is 59.1 Å². The number of carbonyl (C=O) groups is 1. The highest BCUT2D eigenvalue weighted by Crippen LogP contribution is 2.31. The number of hydrogen-bond donors (Lipinski definition) is 0. The van der Waals surface area contributed by atoms with Gasteiger partial charge in [0.2, 0.25) is 11.7 Å². The molecule has 8 nitrogen and oxygen atoms in total. The van der Waals surface area contributed by atoms with Gasteiger partial charge in [0.05, 0.1) is 11.4 Å². The Morgan fingerprint density at radius 3 is 2.75 bits per heavy atom. The molecule has 3 rings (SSSR count). The van der Waals surface area contributed by atoms with Crippen LogP contribution in [0, 0.1) is 24.0 Å². The van der Waals surface area contributed by atoms with Crippen LogP contribution in [0.15, 0.2) is 41.9 Å². The van der Waals surface area contributed by atoms with Crippen LogP contribution in [0.4, 0.5) is 16.6 Å². The number of amides is 1. The monoisotopic (exact) mass is 398 g/mol. The Hall–Kier alpha value is -3.33. The maximum absolute atomic E-state index is 12.2. The number of aryl methyl sites for hydroxylation is 2. The molecule has 0 saturated heterocycles. The van der Waals surface area contributed by atoms with E-state index >= 15 is 0 Å². The number of aromatic nitrogens is 2. The van der Waals surface area contributed by atoms with Crippen molar-refractivity contribution in [3.8, 4) is 5.75 Å². The molecule has 0 atom stereocenters. The first kappa shape index (κ1) is 19.4. The highest BCUT2D eigenvalue weighted by Gasteiger charge is 2.20. The molecule has 1 aromatic carbocycles. The summed E-state index contributed by atoms with van der Waals surface area (Å²) in [5.41, 5.74) is 3.51. The smallest absolute Gasteiger partial charge is 0.406 e. The van der Waals surface area contributed by atoms with E-state index in [1.807, 2.05) is 32.0 Å². The van der Waals surface area contributed by atoms with Gasteiger partial charge in [0, 0.05) is 12.3 Å². The molecule has 0 fully saturated rings. The fourth-order valence-corrected chi connectivity index (χ4v) is 3.41. The van der Waals surface area contributed by atoms with Crippen LogP contribution in [0.2, 0.25) is 0 Å². The summed E-state index contributed by atoms with van der Waals surface area (Å²) in [6, 6.07) is 8.81. The van der Waals surface area contributed by atoms with Crippen LogP contribution in [0.3, 0.4) is 0 Å². The van der Waals surface area contributed by atoms with Crippen LogP contribution in [0.1, 0.15) is 23.7 Å². The molecule has 0 N–H and O–H groups in total. The first-order chi connectivity index (χ1) is 13.4. The molecule has 144 valence electrons. The molecular weight excluding hydrogens is 380 g/mol. The van der Waals surface area contributed by atoms with Crippen LogP contribution in [0.25, 0.3) is 0 Å². The molecule has 1 amide bonds. The summed E-state index contributed by atoms with van der Waals surface area (Å²) in [7, 11) is 0. The predicted molar refractivity (Wildman–Crippen MR) is 106 cm³/mol. The zero-order chi connectivity index (χ0) is 20.3.